The summed E-state index contributed by atoms with van der Waals surface area (Å²) in [4.78, 5) is 15.8. The van der Waals surface area contributed by atoms with Crippen molar-refractivity contribution in [2.24, 2.45) is 0 Å². The fraction of sp³-hybridized carbons (Fsp3) is 0.250. The Morgan fingerprint density at radius 2 is 2.17 bits per heavy atom. The maximum absolute atomic E-state index is 13.5. The second kappa shape index (κ2) is 5.03. The lowest BCUT2D eigenvalue weighted by molar-refractivity contribution is 0.101. The average molecular weight is 251 g/mol. The molecule has 0 aliphatic carbocycles. The van der Waals surface area contributed by atoms with Gasteiger partial charge in [-0.15, -0.1) is 0 Å². The minimum absolute atomic E-state index is 0.0151. The third kappa shape index (κ3) is 2.27. The highest BCUT2D eigenvalue weighted by atomic mass is 19.1. The standard InChI is InChI=1S/C12H11F2N3O/c1-2-5-17-12(15-7-16-17)11(18)9-6-8(13)3-4-10(9)14/h3-4,6-7H,2,5H2,1H3. The van der Waals surface area contributed by atoms with E-state index in [4.69, 9.17) is 0 Å². The Hall–Kier alpha value is -2.11. The molecular formula is C12H11F2N3O. The van der Waals surface area contributed by atoms with Gasteiger partial charge in [0.05, 0.1) is 5.56 Å². The normalized spacial score (nSPS) is 10.6. The molecule has 1 aromatic carbocycles. The zero-order valence-electron chi connectivity index (χ0n) is 9.73. The quantitative estimate of drug-likeness (QED) is 0.782. The van der Waals surface area contributed by atoms with E-state index in [9.17, 15) is 13.6 Å². The van der Waals surface area contributed by atoms with E-state index < -0.39 is 17.4 Å². The van der Waals surface area contributed by atoms with Gasteiger partial charge >= 0.3 is 0 Å². The van der Waals surface area contributed by atoms with Crippen LogP contribution in [0.15, 0.2) is 24.5 Å². The SMILES string of the molecule is CCCn1ncnc1C(=O)c1cc(F)ccc1F. The number of hydrogen-bond acceptors (Lipinski definition) is 3. The predicted octanol–water partition coefficient (Wildman–Crippen LogP) is 2.20. The van der Waals surface area contributed by atoms with Gasteiger partial charge in [-0.2, -0.15) is 5.10 Å². The number of hydrogen-bond donors (Lipinski definition) is 0. The number of aromatic nitrogens is 3. The van der Waals surface area contributed by atoms with Gasteiger partial charge in [-0.3, -0.25) is 4.79 Å². The number of nitrogens with zero attached hydrogens (tertiary/aromatic N) is 3. The molecule has 1 heterocycles. The highest BCUT2D eigenvalue weighted by molar-refractivity contribution is 6.06. The lowest BCUT2D eigenvalue weighted by atomic mass is 10.1. The maximum atomic E-state index is 13.5. The summed E-state index contributed by atoms with van der Waals surface area (Å²) >= 11 is 0. The molecule has 4 nitrogen and oxygen atoms in total. The minimum atomic E-state index is -0.771. The van der Waals surface area contributed by atoms with Gasteiger partial charge in [-0.1, -0.05) is 6.92 Å². The van der Waals surface area contributed by atoms with Crippen molar-refractivity contribution in [3.8, 4) is 0 Å². The molecule has 0 spiro atoms. The van der Waals surface area contributed by atoms with Gasteiger partial charge in [0.25, 0.3) is 0 Å². The van der Waals surface area contributed by atoms with Crippen LogP contribution in [0.5, 0.6) is 0 Å². The second-order valence-corrected chi connectivity index (χ2v) is 3.76. The molecule has 0 atom stereocenters. The summed E-state index contributed by atoms with van der Waals surface area (Å²) in [5, 5.41) is 3.87. The summed E-state index contributed by atoms with van der Waals surface area (Å²) in [5.74, 6) is -2.09. The molecule has 6 heteroatoms. The lowest BCUT2D eigenvalue weighted by Gasteiger charge is -2.04. The van der Waals surface area contributed by atoms with E-state index in [2.05, 4.69) is 10.1 Å². The molecule has 0 radical (unpaired) electrons. The van der Waals surface area contributed by atoms with Gasteiger partial charge in [0.2, 0.25) is 5.78 Å². The molecule has 0 unspecified atom stereocenters. The Morgan fingerprint density at radius 1 is 1.39 bits per heavy atom. The summed E-state index contributed by atoms with van der Waals surface area (Å²) in [7, 11) is 0. The van der Waals surface area contributed by atoms with Crippen molar-refractivity contribution in [3.63, 3.8) is 0 Å². The number of rotatable bonds is 4. The smallest absolute Gasteiger partial charge is 0.233 e. The molecule has 0 aliphatic heterocycles. The van der Waals surface area contributed by atoms with Crippen LogP contribution in [0.2, 0.25) is 0 Å². The Labute approximate surface area is 102 Å². The molecule has 0 saturated heterocycles. The molecule has 2 aromatic rings. The fourth-order valence-electron chi connectivity index (χ4n) is 1.61. The lowest BCUT2D eigenvalue weighted by Crippen LogP contribution is -2.14. The van der Waals surface area contributed by atoms with Gasteiger partial charge in [0.15, 0.2) is 5.82 Å². The van der Waals surface area contributed by atoms with Crippen LogP contribution in [-0.2, 0) is 6.54 Å². The Kier molecular flexibility index (Phi) is 3.45. The summed E-state index contributed by atoms with van der Waals surface area (Å²) < 4.78 is 27.9. The molecule has 18 heavy (non-hydrogen) atoms. The van der Waals surface area contributed by atoms with Crippen LogP contribution in [-0.4, -0.2) is 20.5 Å². The summed E-state index contributed by atoms with van der Waals surface area (Å²) in [6.45, 7) is 2.41. The zero-order chi connectivity index (χ0) is 13.1. The van der Waals surface area contributed by atoms with Gasteiger partial charge < -0.3 is 0 Å². The first-order valence-electron chi connectivity index (χ1n) is 5.51. The monoisotopic (exact) mass is 251 g/mol. The first-order valence-corrected chi connectivity index (χ1v) is 5.51. The van der Waals surface area contributed by atoms with Crippen LogP contribution >= 0.6 is 0 Å². The van der Waals surface area contributed by atoms with Crippen LogP contribution in [0.25, 0.3) is 0 Å². The topological polar surface area (TPSA) is 47.8 Å². The number of carbonyl (C=O) groups excluding carboxylic acids is 1. The number of halogens is 2. The molecule has 0 amide bonds. The van der Waals surface area contributed by atoms with Gasteiger partial charge in [0, 0.05) is 6.54 Å². The van der Waals surface area contributed by atoms with Crippen molar-refractivity contribution in [1.82, 2.24) is 14.8 Å². The molecular weight excluding hydrogens is 240 g/mol. The molecule has 0 bridgehead atoms. The molecule has 0 N–H and O–H groups in total. The Bertz CT molecular complexity index is 580. The van der Waals surface area contributed by atoms with E-state index in [1.54, 1.807) is 0 Å². The van der Waals surface area contributed by atoms with Crippen LogP contribution < -0.4 is 0 Å². The van der Waals surface area contributed by atoms with Crippen LogP contribution in [0.4, 0.5) is 8.78 Å². The average Bonchev–Trinajstić information content (AvgIpc) is 2.80. The van der Waals surface area contributed by atoms with Crippen LogP contribution in [0, 0.1) is 11.6 Å². The van der Waals surface area contributed by atoms with Crippen molar-refractivity contribution in [2.75, 3.05) is 0 Å². The Morgan fingerprint density at radius 3 is 2.89 bits per heavy atom. The van der Waals surface area contributed by atoms with Crippen LogP contribution in [0.3, 0.4) is 0 Å². The largest absolute Gasteiger partial charge is 0.285 e. The first kappa shape index (κ1) is 12.3. The Balaban J connectivity index is 2.41. The summed E-state index contributed by atoms with van der Waals surface area (Å²) in [6, 6.07) is 2.74. The van der Waals surface area contributed by atoms with Crippen molar-refractivity contribution in [3.05, 3.63) is 47.5 Å². The number of ketones is 1. The molecule has 94 valence electrons. The third-order valence-corrected chi connectivity index (χ3v) is 2.43. The van der Waals surface area contributed by atoms with E-state index >= 15 is 0 Å². The number of benzene rings is 1. The molecule has 0 fully saturated rings. The molecule has 0 aliphatic rings. The summed E-state index contributed by atoms with van der Waals surface area (Å²) in [6.07, 6.45) is 1.98. The second-order valence-electron chi connectivity index (χ2n) is 3.76. The first-order chi connectivity index (χ1) is 8.63. The number of carbonyl (C=O) groups is 1. The van der Waals surface area contributed by atoms with Crippen LogP contribution in [0.1, 0.15) is 29.5 Å². The molecule has 1 aromatic heterocycles. The van der Waals surface area contributed by atoms with E-state index in [0.29, 0.717) is 6.54 Å². The highest BCUT2D eigenvalue weighted by Gasteiger charge is 2.20. The summed E-state index contributed by atoms with van der Waals surface area (Å²) in [5.41, 5.74) is -0.333. The maximum Gasteiger partial charge on any atom is 0.233 e. The zero-order valence-corrected chi connectivity index (χ0v) is 9.73. The predicted molar refractivity (Wildman–Crippen MR) is 60.1 cm³/mol. The van der Waals surface area contributed by atoms with E-state index in [0.717, 1.165) is 24.6 Å². The minimum Gasteiger partial charge on any atom is -0.285 e. The van der Waals surface area contributed by atoms with E-state index in [1.165, 1.54) is 11.0 Å². The number of aryl methyl sites for hydroxylation is 1. The van der Waals surface area contributed by atoms with Gasteiger partial charge in [-0.25, -0.2) is 18.4 Å². The van der Waals surface area contributed by atoms with E-state index in [-0.39, 0.29) is 11.4 Å². The molecule has 2 rings (SSSR count). The molecule has 0 saturated carbocycles. The van der Waals surface area contributed by atoms with Gasteiger partial charge in [0.1, 0.15) is 18.0 Å². The van der Waals surface area contributed by atoms with E-state index in [1.807, 2.05) is 6.92 Å². The third-order valence-electron chi connectivity index (χ3n) is 2.43. The highest BCUT2D eigenvalue weighted by Crippen LogP contribution is 2.14. The van der Waals surface area contributed by atoms with Crippen molar-refractivity contribution in [1.29, 1.82) is 0 Å². The van der Waals surface area contributed by atoms with Gasteiger partial charge in [-0.05, 0) is 24.6 Å². The van der Waals surface area contributed by atoms with Crippen molar-refractivity contribution < 1.29 is 13.6 Å². The van der Waals surface area contributed by atoms with Crippen molar-refractivity contribution in [2.45, 2.75) is 19.9 Å². The van der Waals surface area contributed by atoms with Crippen molar-refractivity contribution >= 4 is 5.78 Å². The fourth-order valence-corrected chi connectivity index (χ4v) is 1.61.